The second kappa shape index (κ2) is 8.42. The van der Waals surface area contributed by atoms with Gasteiger partial charge in [-0.3, -0.25) is 9.55 Å². The van der Waals surface area contributed by atoms with Gasteiger partial charge >= 0.3 is 6.18 Å². The molecule has 14 heteroatoms. The second-order valence-corrected chi connectivity index (χ2v) is 9.80. The molecule has 0 bridgehead atoms. The summed E-state index contributed by atoms with van der Waals surface area (Å²) in [5, 5.41) is 18.3. The van der Waals surface area contributed by atoms with Crippen LogP contribution in [0.2, 0.25) is 0 Å². The van der Waals surface area contributed by atoms with Gasteiger partial charge in [0.15, 0.2) is 0 Å². The average molecular weight is 510 g/mol. The minimum atomic E-state index is -4.77. The molecule has 0 aliphatic carbocycles. The highest BCUT2D eigenvalue weighted by atomic mass is 32.2. The standard InChI is InChI=1S/C20H14F4N6O2S2/c1-10-5-17-13(6-15(10)21)14(7-25)18(30(17)19-28-27-9-33-19)16-4-3-12(8-26-16)34(31,32)29-11(2)20(22,23)24/h3-6,8-9,11,29H,1-2H3. The van der Waals surface area contributed by atoms with Crippen LogP contribution >= 0.6 is 11.3 Å². The van der Waals surface area contributed by atoms with Gasteiger partial charge in [-0.25, -0.2) is 12.8 Å². The number of aromatic nitrogens is 4. The van der Waals surface area contributed by atoms with E-state index in [4.69, 9.17) is 0 Å². The Morgan fingerprint density at radius 3 is 2.56 bits per heavy atom. The van der Waals surface area contributed by atoms with Gasteiger partial charge in [0.25, 0.3) is 0 Å². The van der Waals surface area contributed by atoms with Crippen LogP contribution in [0.5, 0.6) is 0 Å². The number of nitrogens with one attached hydrogen (secondary N) is 1. The van der Waals surface area contributed by atoms with E-state index in [2.05, 4.69) is 15.2 Å². The van der Waals surface area contributed by atoms with Gasteiger partial charge in [0, 0.05) is 11.6 Å². The first kappa shape index (κ1) is 23.7. The predicted molar refractivity (Wildman–Crippen MR) is 115 cm³/mol. The molecule has 1 aromatic carbocycles. The van der Waals surface area contributed by atoms with Gasteiger partial charge in [0.2, 0.25) is 15.2 Å². The van der Waals surface area contributed by atoms with Gasteiger partial charge in [0.05, 0.1) is 22.5 Å². The summed E-state index contributed by atoms with van der Waals surface area (Å²) in [6, 6.07) is 4.80. The van der Waals surface area contributed by atoms with E-state index in [1.54, 1.807) is 16.2 Å². The van der Waals surface area contributed by atoms with Crippen molar-refractivity contribution in [3.63, 3.8) is 0 Å². The predicted octanol–water partition coefficient (Wildman–Crippen LogP) is 4.09. The van der Waals surface area contributed by atoms with Gasteiger partial charge in [0.1, 0.15) is 28.3 Å². The molecule has 0 saturated heterocycles. The number of pyridine rings is 1. The van der Waals surface area contributed by atoms with Crippen molar-refractivity contribution in [3.8, 4) is 22.6 Å². The first-order valence-electron chi connectivity index (χ1n) is 9.50. The second-order valence-electron chi connectivity index (χ2n) is 7.27. The minimum Gasteiger partial charge on any atom is -0.281 e. The Kier molecular flexibility index (Phi) is 5.88. The van der Waals surface area contributed by atoms with Gasteiger partial charge < -0.3 is 0 Å². The average Bonchev–Trinajstić information content (AvgIpc) is 3.39. The van der Waals surface area contributed by atoms with Gasteiger partial charge in [-0.15, -0.1) is 10.2 Å². The maximum Gasteiger partial charge on any atom is 0.404 e. The number of fused-ring (bicyclic) bond motifs is 1. The van der Waals surface area contributed by atoms with Crippen LogP contribution in [0.3, 0.4) is 0 Å². The van der Waals surface area contributed by atoms with Crippen LogP contribution in [0.1, 0.15) is 18.1 Å². The molecule has 0 amide bonds. The van der Waals surface area contributed by atoms with Crippen molar-refractivity contribution in [2.75, 3.05) is 0 Å². The molecule has 3 aromatic heterocycles. The summed E-state index contributed by atoms with van der Waals surface area (Å²) < 4.78 is 80.5. The Labute approximate surface area is 194 Å². The first-order valence-corrected chi connectivity index (χ1v) is 11.9. The molecule has 1 unspecified atom stereocenters. The van der Waals surface area contributed by atoms with Crippen molar-refractivity contribution in [3.05, 3.63) is 52.9 Å². The normalized spacial score (nSPS) is 13.2. The molecule has 4 aromatic rings. The summed E-state index contributed by atoms with van der Waals surface area (Å²) in [7, 11) is -4.52. The Hall–Kier alpha value is -3.41. The summed E-state index contributed by atoms with van der Waals surface area (Å²) in [6.07, 6.45) is -3.88. The molecule has 0 aliphatic rings. The van der Waals surface area contributed by atoms with E-state index < -0.39 is 33.0 Å². The van der Waals surface area contributed by atoms with Crippen LogP contribution < -0.4 is 4.72 Å². The van der Waals surface area contributed by atoms with Crippen LogP contribution in [0.15, 0.2) is 40.9 Å². The Morgan fingerprint density at radius 1 is 1.26 bits per heavy atom. The Balaban J connectivity index is 1.88. The molecule has 1 atom stereocenters. The number of sulfonamides is 1. The summed E-state index contributed by atoms with van der Waals surface area (Å²) >= 11 is 1.15. The number of hydrogen-bond donors (Lipinski definition) is 1. The molecule has 4 rings (SSSR count). The topological polar surface area (TPSA) is 114 Å². The van der Waals surface area contributed by atoms with E-state index in [0.717, 1.165) is 23.6 Å². The smallest absolute Gasteiger partial charge is 0.281 e. The summed E-state index contributed by atoms with van der Waals surface area (Å²) in [5.41, 5.74) is 2.65. The maximum absolute atomic E-state index is 14.3. The maximum atomic E-state index is 14.3. The molecular weight excluding hydrogens is 496 g/mol. The van der Waals surface area contributed by atoms with E-state index in [1.807, 2.05) is 6.07 Å². The van der Waals surface area contributed by atoms with E-state index in [9.17, 15) is 31.2 Å². The summed E-state index contributed by atoms with van der Waals surface area (Å²) in [4.78, 5) is 3.60. The number of hydrogen-bond acceptors (Lipinski definition) is 7. The van der Waals surface area contributed by atoms with Crippen molar-refractivity contribution in [2.45, 2.75) is 31.0 Å². The third kappa shape index (κ3) is 4.13. The number of nitrogens with zero attached hydrogens (tertiary/aromatic N) is 5. The number of benzene rings is 1. The van der Waals surface area contributed by atoms with E-state index in [1.165, 1.54) is 23.7 Å². The monoisotopic (exact) mass is 510 g/mol. The van der Waals surface area contributed by atoms with Crippen LogP contribution in [-0.2, 0) is 10.0 Å². The van der Waals surface area contributed by atoms with Gasteiger partial charge in [-0.1, -0.05) is 11.3 Å². The molecule has 3 heterocycles. The quantitative estimate of drug-likeness (QED) is 0.405. The Bertz CT molecular complexity index is 1520. The van der Waals surface area contributed by atoms with Crippen molar-refractivity contribution < 1.29 is 26.0 Å². The summed E-state index contributed by atoms with van der Waals surface area (Å²) in [5.74, 6) is -0.524. The molecule has 0 spiro atoms. The lowest BCUT2D eigenvalue weighted by Gasteiger charge is -2.17. The molecule has 0 aliphatic heterocycles. The highest BCUT2D eigenvalue weighted by molar-refractivity contribution is 7.89. The lowest BCUT2D eigenvalue weighted by molar-refractivity contribution is -0.147. The van der Waals surface area contributed by atoms with Gasteiger partial charge in [-0.05, 0) is 43.7 Å². The van der Waals surface area contributed by atoms with Crippen LogP contribution in [-0.4, -0.2) is 40.4 Å². The fourth-order valence-electron chi connectivity index (χ4n) is 3.28. The lowest BCUT2D eigenvalue weighted by Crippen LogP contribution is -2.42. The highest BCUT2D eigenvalue weighted by Crippen LogP contribution is 2.37. The fraction of sp³-hybridized carbons (Fsp3) is 0.200. The van der Waals surface area contributed by atoms with Crippen molar-refractivity contribution in [1.29, 1.82) is 5.26 Å². The van der Waals surface area contributed by atoms with Crippen molar-refractivity contribution >= 4 is 32.3 Å². The zero-order valence-corrected chi connectivity index (χ0v) is 19.1. The SMILES string of the molecule is Cc1cc2c(cc1F)c(C#N)c(-c1ccc(S(=O)(=O)NC(C)C(F)(F)F)cn1)n2-c1nncs1. The molecular formula is C20H14F4N6O2S2. The largest absolute Gasteiger partial charge is 0.404 e. The van der Waals surface area contributed by atoms with Crippen molar-refractivity contribution in [2.24, 2.45) is 0 Å². The number of aryl methyl sites for hydroxylation is 1. The number of rotatable bonds is 5. The zero-order chi connectivity index (χ0) is 24.8. The van der Waals surface area contributed by atoms with E-state index >= 15 is 0 Å². The fourth-order valence-corrected chi connectivity index (χ4v) is 5.03. The van der Waals surface area contributed by atoms with Crippen molar-refractivity contribution in [1.82, 2.24) is 24.5 Å². The number of halogens is 4. The lowest BCUT2D eigenvalue weighted by atomic mass is 10.1. The highest BCUT2D eigenvalue weighted by Gasteiger charge is 2.39. The Morgan fingerprint density at radius 2 is 2.00 bits per heavy atom. The van der Waals surface area contributed by atoms with Crippen LogP contribution in [0, 0.1) is 24.1 Å². The number of alkyl halides is 3. The third-order valence-corrected chi connectivity index (χ3v) is 7.21. The molecule has 34 heavy (non-hydrogen) atoms. The third-order valence-electron chi connectivity index (χ3n) is 5.01. The van der Waals surface area contributed by atoms with Gasteiger partial charge in [-0.2, -0.15) is 23.2 Å². The molecule has 8 nitrogen and oxygen atoms in total. The minimum absolute atomic E-state index is 0.0658. The number of nitriles is 1. The van der Waals surface area contributed by atoms with E-state index in [-0.39, 0.29) is 22.3 Å². The molecule has 0 saturated carbocycles. The van der Waals surface area contributed by atoms with Crippen LogP contribution in [0.25, 0.3) is 27.4 Å². The van der Waals surface area contributed by atoms with E-state index in [0.29, 0.717) is 23.1 Å². The first-order chi connectivity index (χ1) is 15.9. The molecule has 0 fully saturated rings. The molecule has 0 radical (unpaired) electrons. The van der Waals surface area contributed by atoms with Crippen LogP contribution in [0.4, 0.5) is 17.6 Å². The molecule has 176 valence electrons. The zero-order valence-electron chi connectivity index (χ0n) is 17.4. The molecule has 1 N–H and O–H groups in total. The summed E-state index contributed by atoms with van der Waals surface area (Å²) in [6.45, 7) is 2.24.